The van der Waals surface area contributed by atoms with Crippen LogP contribution in [0.15, 0.2) is 42.6 Å². The minimum atomic E-state index is -3.56. The van der Waals surface area contributed by atoms with Crippen LogP contribution in [0.25, 0.3) is 0 Å². The van der Waals surface area contributed by atoms with Crippen LogP contribution in [0.3, 0.4) is 0 Å². The molecule has 1 heterocycles. The summed E-state index contributed by atoms with van der Waals surface area (Å²) in [5.74, 6) is 1.35. The number of nitrogens with one attached hydrogen (secondary N) is 3. The SMILES string of the molecule is COc1ccc(Nc2nc(Nc3cc(OCCO)ccc3Cl)ncc2Cl)c(NS(C)(=O)=O)c1. The van der Waals surface area contributed by atoms with Crippen molar-refractivity contribution < 1.29 is 23.0 Å². The van der Waals surface area contributed by atoms with E-state index in [1.54, 1.807) is 30.3 Å². The minimum absolute atomic E-state index is 0.123. The van der Waals surface area contributed by atoms with E-state index in [2.05, 4.69) is 25.3 Å². The second-order valence-corrected chi connectivity index (χ2v) is 9.20. The predicted octanol–water partition coefficient (Wildman–Crippen LogP) is 4.02. The zero-order valence-electron chi connectivity index (χ0n) is 17.6. The summed E-state index contributed by atoms with van der Waals surface area (Å²) in [6.07, 6.45) is 2.42. The van der Waals surface area contributed by atoms with Gasteiger partial charge >= 0.3 is 0 Å². The molecule has 0 spiro atoms. The number of aromatic nitrogens is 2. The summed E-state index contributed by atoms with van der Waals surface area (Å²) in [5.41, 5.74) is 1.12. The highest BCUT2D eigenvalue weighted by molar-refractivity contribution is 7.92. The zero-order valence-corrected chi connectivity index (χ0v) is 19.9. The summed E-state index contributed by atoms with van der Waals surface area (Å²) in [6, 6.07) is 9.74. The van der Waals surface area contributed by atoms with Crippen LogP contribution < -0.4 is 24.8 Å². The molecular weight excluding hydrogens is 493 g/mol. The molecule has 0 amide bonds. The van der Waals surface area contributed by atoms with Gasteiger partial charge in [0.05, 0.1) is 48.3 Å². The van der Waals surface area contributed by atoms with Crippen LogP contribution in [-0.2, 0) is 10.0 Å². The van der Waals surface area contributed by atoms with Crippen LogP contribution in [0, 0.1) is 0 Å². The topological polar surface area (TPSA) is 135 Å². The third kappa shape index (κ3) is 6.99. The van der Waals surface area contributed by atoms with Gasteiger partial charge in [0.2, 0.25) is 16.0 Å². The first kappa shape index (κ1) is 24.6. The lowest BCUT2D eigenvalue weighted by atomic mass is 10.2. The average molecular weight is 514 g/mol. The molecule has 0 aliphatic rings. The van der Waals surface area contributed by atoms with Gasteiger partial charge in [-0.25, -0.2) is 13.4 Å². The molecular formula is C20H21Cl2N5O5S. The van der Waals surface area contributed by atoms with E-state index in [1.165, 1.54) is 19.4 Å². The molecule has 4 N–H and O–H groups in total. The Morgan fingerprint density at radius 3 is 2.42 bits per heavy atom. The van der Waals surface area contributed by atoms with Crippen LogP contribution in [0.4, 0.5) is 28.8 Å². The van der Waals surface area contributed by atoms with Gasteiger partial charge in [-0.15, -0.1) is 0 Å². The fourth-order valence-electron chi connectivity index (χ4n) is 2.66. The lowest BCUT2D eigenvalue weighted by molar-refractivity contribution is 0.201. The highest BCUT2D eigenvalue weighted by Gasteiger charge is 2.14. The lowest BCUT2D eigenvalue weighted by Crippen LogP contribution is -2.11. The number of nitrogens with zero attached hydrogens (tertiary/aromatic N) is 2. The van der Waals surface area contributed by atoms with Crippen LogP contribution in [0.2, 0.25) is 10.0 Å². The number of rotatable bonds is 10. The number of ether oxygens (including phenoxy) is 2. The van der Waals surface area contributed by atoms with Crippen LogP contribution in [0.5, 0.6) is 11.5 Å². The molecule has 0 saturated heterocycles. The van der Waals surface area contributed by atoms with Crippen molar-refractivity contribution in [3.63, 3.8) is 0 Å². The van der Waals surface area contributed by atoms with Gasteiger partial charge < -0.3 is 25.2 Å². The fraction of sp³-hybridized carbons (Fsp3) is 0.200. The average Bonchev–Trinajstić information content (AvgIpc) is 2.76. The van der Waals surface area contributed by atoms with Gasteiger partial charge in [-0.1, -0.05) is 23.2 Å². The summed E-state index contributed by atoms with van der Waals surface area (Å²) in [6.45, 7) is 0.0144. The molecule has 0 atom stereocenters. The van der Waals surface area contributed by atoms with Crippen molar-refractivity contribution in [2.24, 2.45) is 0 Å². The van der Waals surface area contributed by atoms with E-state index in [9.17, 15) is 8.42 Å². The number of anilines is 5. The smallest absolute Gasteiger partial charge is 0.229 e. The van der Waals surface area contributed by atoms with E-state index >= 15 is 0 Å². The molecule has 0 aliphatic heterocycles. The molecule has 176 valence electrons. The highest BCUT2D eigenvalue weighted by Crippen LogP contribution is 2.33. The molecule has 3 rings (SSSR count). The standard InChI is InChI=1S/C20H21Cl2N5O5S/c1-31-12-4-6-16(18(9-12)27-33(2,29)30)24-19-15(22)11-23-20(26-19)25-17-10-13(32-8-7-28)3-5-14(17)21/h3-6,9-11,27-28H,7-8H2,1-2H3,(H2,23,24,25,26). The number of aliphatic hydroxyl groups is 1. The van der Waals surface area contributed by atoms with E-state index in [1.807, 2.05) is 0 Å². The van der Waals surface area contributed by atoms with Crippen molar-refractivity contribution in [2.75, 3.05) is 41.9 Å². The zero-order chi connectivity index (χ0) is 24.0. The van der Waals surface area contributed by atoms with Crippen molar-refractivity contribution in [3.8, 4) is 11.5 Å². The Morgan fingerprint density at radius 2 is 1.73 bits per heavy atom. The Kier molecular flexibility index (Phi) is 8.03. The molecule has 10 nitrogen and oxygen atoms in total. The van der Waals surface area contributed by atoms with Gasteiger partial charge in [0, 0.05) is 12.1 Å². The van der Waals surface area contributed by atoms with Gasteiger partial charge in [0.25, 0.3) is 0 Å². The molecule has 0 unspecified atom stereocenters. The summed E-state index contributed by atoms with van der Waals surface area (Å²) in [5, 5.41) is 15.5. The maximum absolute atomic E-state index is 11.8. The second kappa shape index (κ2) is 10.8. The first-order chi connectivity index (χ1) is 15.7. The quantitative estimate of drug-likeness (QED) is 0.316. The number of hydrogen-bond acceptors (Lipinski definition) is 9. The Balaban J connectivity index is 1.89. The number of sulfonamides is 1. The lowest BCUT2D eigenvalue weighted by Gasteiger charge is -2.15. The largest absolute Gasteiger partial charge is 0.497 e. The Morgan fingerprint density at radius 1 is 1.00 bits per heavy atom. The van der Waals surface area contributed by atoms with Gasteiger partial charge in [0.15, 0.2) is 5.82 Å². The van der Waals surface area contributed by atoms with Gasteiger partial charge in [-0.05, 0) is 24.3 Å². The van der Waals surface area contributed by atoms with E-state index in [-0.39, 0.29) is 35.7 Å². The normalized spacial score (nSPS) is 11.1. The van der Waals surface area contributed by atoms with Crippen LogP contribution >= 0.6 is 23.2 Å². The molecule has 0 bridgehead atoms. The molecule has 33 heavy (non-hydrogen) atoms. The number of aliphatic hydroxyl groups excluding tert-OH is 1. The number of methoxy groups -OCH3 is 1. The third-order valence-corrected chi connectivity index (χ3v) is 5.26. The monoisotopic (exact) mass is 513 g/mol. The van der Waals surface area contributed by atoms with E-state index in [4.69, 9.17) is 37.8 Å². The van der Waals surface area contributed by atoms with Gasteiger partial charge in [0.1, 0.15) is 23.1 Å². The molecule has 0 fully saturated rings. The molecule has 3 aromatic rings. The van der Waals surface area contributed by atoms with Gasteiger partial charge in [-0.3, -0.25) is 4.72 Å². The first-order valence-corrected chi connectivity index (χ1v) is 12.1. The Hall–Kier alpha value is -2.99. The second-order valence-electron chi connectivity index (χ2n) is 6.64. The molecule has 0 radical (unpaired) electrons. The first-order valence-electron chi connectivity index (χ1n) is 9.44. The van der Waals surface area contributed by atoms with Gasteiger partial charge in [-0.2, -0.15) is 4.98 Å². The predicted molar refractivity (Wildman–Crippen MR) is 129 cm³/mol. The molecule has 0 aliphatic carbocycles. The van der Waals surface area contributed by atoms with Crippen LogP contribution in [0.1, 0.15) is 0 Å². The molecule has 13 heteroatoms. The van der Waals surface area contributed by atoms with E-state index < -0.39 is 10.0 Å². The summed E-state index contributed by atoms with van der Waals surface area (Å²) >= 11 is 12.5. The number of hydrogen-bond donors (Lipinski definition) is 4. The van der Waals surface area contributed by atoms with Crippen molar-refractivity contribution in [3.05, 3.63) is 52.6 Å². The maximum atomic E-state index is 11.8. The summed E-state index contributed by atoms with van der Waals surface area (Å²) < 4.78 is 36.5. The summed E-state index contributed by atoms with van der Waals surface area (Å²) in [4.78, 5) is 8.52. The highest BCUT2D eigenvalue weighted by atomic mass is 35.5. The van der Waals surface area contributed by atoms with Crippen molar-refractivity contribution in [1.82, 2.24) is 9.97 Å². The third-order valence-electron chi connectivity index (χ3n) is 4.06. The van der Waals surface area contributed by atoms with Crippen LogP contribution in [-0.4, -0.2) is 50.1 Å². The fourth-order valence-corrected chi connectivity index (χ4v) is 3.53. The van der Waals surface area contributed by atoms with E-state index in [0.29, 0.717) is 27.9 Å². The Bertz CT molecular complexity index is 1240. The number of benzene rings is 2. The van der Waals surface area contributed by atoms with Crippen molar-refractivity contribution >= 4 is 62.1 Å². The maximum Gasteiger partial charge on any atom is 0.229 e. The molecule has 1 aromatic heterocycles. The van der Waals surface area contributed by atoms with Crippen molar-refractivity contribution in [1.29, 1.82) is 0 Å². The van der Waals surface area contributed by atoms with E-state index in [0.717, 1.165) is 6.26 Å². The molecule has 2 aromatic carbocycles. The Labute approximate surface area is 200 Å². The minimum Gasteiger partial charge on any atom is -0.497 e. The number of halogens is 2. The molecule has 0 saturated carbocycles. The van der Waals surface area contributed by atoms with Crippen molar-refractivity contribution in [2.45, 2.75) is 0 Å². The summed E-state index contributed by atoms with van der Waals surface area (Å²) in [7, 11) is -2.08.